The van der Waals surface area contributed by atoms with Crippen LogP contribution in [-0.2, 0) is 0 Å². The molecule has 52 heavy (non-hydrogen) atoms. The van der Waals surface area contributed by atoms with Gasteiger partial charge in [-0.3, -0.25) is 0 Å². The van der Waals surface area contributed by atoms with Crippen molar-refractivity contribution in [3.63, 3.8) is 0 Å². The summed E-state index contributed by atoms with van der Waals surface area (Å²) in [5, 5.41) is 0. The van der Waals surface area contributed by atoms with Crippen molar-refractivity contribution >= 4 is 22.8 Å². The van der Waals surface area contributed by atoms with Crippen molar-refractivity contribution in [1.29, 1.82) is 0 Å². The number of hydrogen-bond acceptors (Lipinski definition) is 4. The van der Waals surface area contributed by atoms with Crippen LogP contribution >= 0.6 is 0 Å². The molecule has 0 unspecified atom stereocenters. The molecule has 0 fully saturated rings. The highest BCUT2D eigenvalue weighted by Crippen LogP contribution is 2.46. The standard InChI is InChI=1S/C40H44F8N4/c1-5-9-13-17-21-33-25(41)27(43)35(49-33)22(18-14-10-6-2)37-29(45)31(47)39(51-37)24(20-16-12-8-4)40-32(48)30(46)38(52-40)23(19-15-11-7-3)36-28(44)26(42)34(21)50-36/h5-20H2,1-4H3. The maximum absolute atomic E-state index is 16.1. The second kappa shape index (κ2) is 17.2. The first-order chi connectivity index (χ1) is 25.0. The Morgan fingerprint density at radius 3 is 0.654 bits per heavy atom. The topological polar surface area (TPSA) is 49.4 Å². The molecule has 12 heteroatoms. The van der Waals surface area contributed by atoms with E-state index in [9.17, 15) is 0 Å². The van der Waals surface area contributed by atoms with Gasteiger partial charge in [-0.25, -0.2) is 55.1 Å². The first-order valence-corrected chi connectivity index (χ1v) is 18.5. The molecule has 0 aliphatic carbocycles. The number of unbranched alkanes of at least 4 members (excludes halogenated alkanes) is 8. The van der Waals surface area contributed by atoms with E-state index in [1.54, 1.807) is 0 Å². The Morgan fingerprint density at radius 1 is 0.288 bits per heavy atom. The van der Waals surface area contributed by atoms with E-state index < -0.39 is 92.2 Å². The molecule has 0 aromatic carbocycles. The van der Waals surface area contributed by atoms with Crippen molar-refractivity contribution in [3.05, 3.63) is 91.7 Å². The smallest absolute Gasteiger partial charge is 0.187 e. The molecule has 0 N–H and O–H groups in total. The van der Waals surface area contributed by atoms with Crippen LogP contribution in [-0.4, -0.2) is 22.8 Å². The Hall–Kier alpha value is -3.96. The highest BCUT2D eigenvalue weighted by Gasteiger charge is 2.41. The molecule has 0 spiro atoms. The van der Waals surface area contributed by atoms with Gasteiger partial charge in [0.05, 0.1) is 0 Å². The molecule has 0 aromatic rings. The van der Waals surface area contributed by atoms with Crippen LogP contribution in [0.3, 0.4) is 0 Å². The van der Waals surface area contributed by atoms with Crippen LogP contribution in [0.4, 0.5) is 35.1 Å². The minimum absolute atomic E-state index is 0.0938. The molecule has 5 aliphatic rings. The van der Waals surface area contributed by atoms with Crippen LogP contribution in [0.25, 0.3) is 0 Å². The second-order valence-electron chi connectivity index (χ2n) is 13.5. The molecular formula is C40H44F8N4. The van der Waals surface area contributed by atoms with Crippen molar-refractivity contribution in [3.8, 4) is 0 Å². The summed E-state index contributed by atoms with van der Waals surface area (Å²) in [4.78, 5) is 17.0. The van der Waals surface area contributed by atoms with Gasteiger partial charge in [0.2, 0.25) is 0 Å². The third kappa shape index (κ3) is 7.44. The summed E-state index contributed by atoms with van der Waals surface area (Å²) in [6.45, 7) is 7.58. The predicted molar refractivity (Wildman–Crippen MR) is 191 cm³/mol. The van der Waals surface area contributed by atoms with Gasteiger partial charge in [0.1, 0.15) is 45.6 Å². The summed E-state index contributed by atoms with van der Waals surface area (Å²) in [6, 6.07) is 0. The van der Waals surface area contributed by atoms with Crippen molar-refractivity contribution in [1.82, 2.24) is 0 Å². The summed E-state index contributed by atoms with van der Waals surface area (Å²) < 4.78 is 129. The third-order valence-corrected chi connectivity index (χ3v) is 9.74. The SMILES string of the molecule is CCCCCC1=C2N=C(C(F)=C2F)C(CCCCC)=C2N=C(C(F)=C2F)C(CCCCC)=C2N=C(C(F)=C2F)C(CCCCC)=C2N=C1C(F)=C2F. The fourth-order valence-electron chi connectivity index (χ4n) is 6.87. The van der Waals surface area contributed by atoms with E-state index in [1.165, 1.54) is 0 Å². The monoisotopic (exact) mass is 732 g/mol. The van der Waals surface area contributed by atoms with E-state index in [4.69, 9.17) is 0 Å². The summed E-state index contributed by atoms with van der Waals surface area (Å²) in [7, 11) is 0. The van der Waals surface area contributed by atoms with Gasteiger partial charge in [0, 0.05) is 22.3 Å². The zero-order chi connectivity index (χ0) is 37.7. The van der Waals surface area contributed by atoms with E-state index in [1.807, 2.05) is 27.7 Å². The lowest BCUT2D eigenvalue weighted by molar-refractivity contribution is 0.571. The van der Waals surface area contributed by atoms with E-state index >= 15 is 35.1 Å². The highest BCUT2D eigenvalue weighted by atomic mass is 19.2. The van der Waals surface area contributed by atoms with Gasteiger partial charge in [-0.15, -0.1) is 0 Å². The normalized spacial score (nSPS) is 19.5. The number of rotatable bonds is 16. The van der Waals surface area contributed by atoms with Gasteiger partial charge in [-0.1, -0.05) is 79.1 Å². The molecule has 5 rings (SSSR count). The zero-order valence-corrected chi connectivity index (χ0v) is 30.1. The Bertz CT molecular complexity index is 1620. The van der Waals surface area contributed by atoms with Crippen molar-refractivity contribution in [2.24, 2.45) is 20.0 Å². The lowest BCUT2D eigenvalue weighted by atomic mass is 9.98. The second-order valence-corrected chi connectivity index (χ2v) is 13.5. The minimum Gasteiger partial charge on any atom is -0.242 e. The van der Waals surface area contributed by atoms with Gasteiger partial charge in [-0.2, -0.15) is 0 Å². The number of allylic oxidation sites excluding steroid dienone is 12. The fraction of sp³-hybridized carbons (Fsp3) is 0.500. The Kier molecular flexibility index (Phi) is 13.0. The Morgan fingerprint density at radius 2 is 0.481 bits per heavy atom. The van der Waals surface area contributed by atoms with Gasteiger partial charge < -0.3 is 0 Å². The lowest BCUT2D eigenvalue weighted by Crippen LogP contribution is -2.07. The van der Waals surface area contributed by atoms with Crippen molar-refractivity contribution in [2.45, 2.75) is 130 Å². The molecule has 0 amide bonds. The van der Waals surface area contributed by atoms with Crippen LogP contribution in [0.5, 0.6) is 0 Å². The maximum Gasteiger partial charge on any atom is 0.187 e. The summed E-state index contributed by atoms with van der Waals surface area (Å²) in [5.74, 6) is -11.9. The molecule has 0 atom stereocenters. The number of fused-ring (bicyclic) bond motifs is 4. The van der Waals surface area contributed by atoms with Gasteiger partial charge >= 0.3 is 0 Å². The van der Waals surface area contributed by atoms with Gasteiger partial charge in [-0.05, 0) is 51.4 Å². The number of nitrogens with zero attached hydrogens (tertiary/aromatic N) is 4. The van der Waals surface area contributed by atoms with Crippen LogP contribution in [0, 0.1) is 0 Å². The largest absolute Gasteiger partial charge is 0.242 e. The molecule has 0 radical (unpaired) electrons. The molecule has 5 aliphatic heterocycles. The van der Waals surface area contributed by atoms with Gasteiger partial charge in [0.25, 0.3) is 0 Å². The summed E-state index contributed by atoms with van der Waals surface area (Å²) in [5.41, 5.74) is -6.17. The van der Waals surface area contributed by atoms with E-state index in [0.29, 0.717) is 77.0 Å². The quantitative estimate of drug-likeness (QED) is 0.112. The zero-order valence-electron chi connectivity index (χ0n) is 30.1. The average Bonchev–Trinajstić information content (AvgIpc) is 3.80. The molecule has 0 aromatic heterocycles. The lowest BCUT2D eigenvalue weighted by Gasteiger charge is -2.12. The average molecular weight is 733 g/mol. The molecular weight excluding hydrogens is 688 g/mol. The first kappa shape index (κ1) is 39.3. The van der Waals surface area contributed by atoms with E-state index in [0.717, 1.165) is 0 Å². The van der Waals surface area contributed by atoms with Crippen LogP contribution in [0.15, 0.2) is 112 Å². The van der Waals surface area contributed by atoms with E-state index in [2.05, 4.69) is 20.0 Å². The summed E-state index contributed by atoms with van der Waals surface area (Å²) in [6.07, 6.45) is 6.17. The van der Waals surface area contributed by atoms with E-state index in [-0.39, 0.29) is 48.0 Å². The van der Waals surface area contributed by atoms with Crippen LogP contribution in [0.1, 0.15) is 130 Å². The third-order valence-electron chi connectivity index (χ3n) is 9.74. The number of halogens is 8. The molecule has 5 heterocycles. The summed E-state index contributed by atoms with van der Waals surface area (Å²) >= 11 is 0. The molecule has 8 bridgehead atoms. The fourth-order valence-corrected chi connectivity index (χ4v) is 6.87. The Balaban J connectivity index is 1.93. The van der Waals surface area contributed by atoms with Crippen LogP contribution < -0.4 is 0 Å². The predicted octanol–water partition coefficient (Wildman–Crippen LogP) is 13.8. The molecule has 280 valence electrons. The highest BCUT2D eigenvalue weighted by molar-refractivity contribution is 6.22. The van der Waals surface area contributed by atoms with Crippen molar-refractivity contribution < 1.29 is 35.1 Å². The Labute approximate surface area is 299 Å². The first-order valence-electron chi connectivity index (χ1n) is 18.5. The molecule has 0 saturated carbocycles. The maximum atomic E-state index is 16.1. The number of aliphatic imine (C=N–C) groups is 4. The van der Waals surface area contributed by atoms with Gasteiger partial charge in [0.15, 0.2) is 46.6 Å². The number of hydrogen-bond donors (Lipinski definition) is 0. The molecule has 4 nitrogen and oxygen atoms in total. The van der Waals surface area contributed by atoms with Crippen molar-refractivity contribution in [2.75, 3.05) is 0 Å². The molecule has 0 saturated heterocycles. The van der Waals surface area contributed by atoms with Crippen LogP contribution in [0.2, 0.25) is 0 Å². The minimum atomic E-state index is -1.48.